The smallest absolute Gasteiger partial charge is 0.305 e. The summed E-state index contributed by atoms with van der Waals surface area (Å²) in [6, 6.07) is 5.94. The molecule has 0 unspecified atom stereocenters. The first-order valence-electron chi connectivity index (χ1n) is 6.36. The number of nitrogens with zero attached hydrogens (tertiary/aromatic N) is 2. The summed E-state index contributed by atoms with van der Waals surface area (Å²) in [6.45, 7) is 0. The lowest BCUT2D eigenvalue weighted by atomic mass is 9.93. The molecular weight excluding hydrogens is 228 g/mol. The van der Waals surface area contributed by atoms with E-state index in [4.69, 9.17) is 0 Å². The average Bonchev–Trinajstić information content (AvgIpc) is 2.94. The van der Waals surface area contributed by atoms with Crippen LogP contribution in [0.25, 0.3) is 11.0 Å². The van der Waals surface area contributed by atoms with Gasteiger partial charge in [-0.05, 0) is 31.0 Å². The molecule has 4 nitrogen and oxygen atoms in total. The van der Waals surface area contributed by atoms with Crippen molar-refractivity contribution in [3.05, 3.63) is 30.6 Å². The van der Waals surface area contributed by atoms with Crippen molar-refractivity contribution in [3.8, 4) is 0 Å². The summed E-state index contributed by atoms with van der Waals surface area (Å²) >= 11 is 0. The van der Waals surface area contributed by atoms with Crippen molar-refractivity contribution < 1.29 is 9.90 Å². The van der Waals surface area contributed by atoms with Gasteiger partial charge in [0.2, 0.25) is 0 Å². The second-order valence-corrected chi connectivity index (χ2v) is 5.10. The Hall–Kier alpha value is -1.84. The molecule has 1 fully saturated rings. The van der Waals surface area contributed by atoms with Gasteiger partial charge in [-0.1, -0.05) is 12.8 Å². The molecule has 1 aliphatic carbocycles. The molecule has 94 valence electrons. The molecule has 0 aliphatic heterocycles. The van der Waals surface area contributed by atoms with Gasteiger partial charge in [-0.15, -0.1) is 0 Å². The van der Waals surface area contributed by atoms with Crippen LogP contribution >= 0.6 is 0 Å². The normalized spacial score (nSPS) is 18.2. The van der Waals surface area contributed by atoms with Gasteiger partial charge in [0, 0.05) is 17.8 Å². The number of carboxylic acids is 1. The Bertz CT molecular complexity index is 582. The molecule has 1 N–H and O–H groups in total. The highest BCUT2D eigenvalue weighted by Gasteiger charge is 2.38. The van der Waals surface area contributed by atoms with Crippen LogP contribution in [0.1, 0.15) is 32.1 Å². The van der Waals surface area contributed by atoms with E-state index >= 15 is 0 Å². The molecule has 2 aromatic heterocycles. The highest BCUT2D eigenvalue weighted by Crippen LogP contribution is 2.41. The molecule has 1 aliphatic rings. The molecule has 0 atom stereocenters. The number of fused-ring (bicyclic) bond motifs is 1. The van der Waals surface area contributed by atoms with Crippen molar-refractivity contribution in [1.82, 2.24) is 9.55 Å². The van der Waals surface area contributed by atoms with Gasteiger partial charge in [0.15, 0.2) is 0 Å². The van der Waals surface area contributed by atoms with Crippen LogP contribution in [0.15, 0.2) is 30.6 Å². The van der Waals surface area contributed by atoms with Crippen molar-refractivity contribution in [2.24, 2.45) is 0 Å². The van der Waals surface area contributed by atoms with E-state index in [2.05, 4.69) is 9.55 Å². The number of hydrogen-bond donors (Lipinski definition) is 1. The lowest BCUT2D eigenvalue weighted by Crippen LogP contribution is -2.32. The Balaban J connectivity index is 2.12. The fourth-order valence-corrected chi connectivity index (χ4v) is 3.17. The van der Waals surface area contributed by atoms with E-state index in [1.807, 2.05) is 24.4 Å². The fourth-order valence-electron chi connectivity index (χ4n) is 3.17. The third-order valence-corrected chi connectivity index (χ3v) is 3.97. The Kier molecular flexibility index (Phi) is 2.58. The zero-order chi connectivity index (χ0) is 12.6. The summed E-state index contributed by atoms with van der Waals surface area (Å²) in [5, 5.41) is 10.3. The first kappa shape index (κ1) is 11.3. The summed E-state index contributed by atoms with van der Waals surface area (Å²) in [7, 11) is 0. The number of rotatable bonds is 3. The maximum Gasteiger partial charge on any atom is 0.305 e. The van der Waals surface area contributed by atoms with E-state index in [0.717, 1.165) is 36.7 Å². The second kappa shape index (κ2) is 4.12. The molecule has 0 amide bonds. The third kappa shape index (κ3) is 1.68. The molecule has 2 heterocycles. The minimum Gasteiger partial charge on any atom is -0.481 e. The zero-order valence-corrected chi connectivity index (χ0v) is 10.2. The Morgan fingerprint density at radius 1 is 1.39 bits per heavy atom. The van der Waals surface area contributed by atoms with Crippen LogP contribution in [0.2, 0.25) is 0 Å². The van der Waals surface area contributed by atoms with Gasteiger partial charge in [-0.25, -0.2) is 4.98 Å². The number of carbonyl (C=O) groups is 1. The molecule has 3 rings (SSSR count). The molecule has 0 bridgehead atoms. The molecule has 1 saturated carbocycles. The average molecular weight is 244 g/mol. The molecule has 18 heavy (non-hydrogen) atoms. The quantitative estimate of drug-likeness (QED) is 0.903. The lowest BCUT2D eigenvalue weighted by molar-refractivity contribution is -0.139. The Morgan fingerprint density at radius 2 is 2.17 bits per heavy atom. The van der Waals surface area contributed by atoms with E-state index in [1.165, 1.54) is 0 Å². The topological polar surface area (TPSA) is 55.1 Å². The van der Waals surface area contributed by atoms with Gasteiger partial charge in [-0.3, -0.25) is 4.79 Å². The fraction of sp³-hybridized carbons (Fsp3) is 0.429. The van der Waals surface area contributed by atoms with Crippen LogP contribution in [0, 0.1) is 0 Å². The van der Waals surface area contributed by atoms with E-state index in [-0.39, 0.29) is 12.0 Å². The lowest BCUT2D eigenvalue weighted by Gasteiger charge is -2.30. The Morgan fingerprint density at radius 3 is 2.89 bits per heavy atom. The van der Waals surface area contributed by atoms with Crippen LogP contribution in [0.3, 0.4) is 0 Å². The van der Waals surface area contributed by atoms with Crippen molar-refractivity contribution in [1.29, 1.82) is 0 Å². The van der Waals surface area contributed by atoms with E-state index in [1.54, 1.807) is 6.20 Å². The predicted molar refractivity (Wildman–Crippen MR) is 68.4 cm³/mol. The SMILES string of the molecule is O=C(O)CC1(n2ccc3cccnc32)CCCC1. The highest BCUT2D eigenvalue weighted by molar-refractivity contribution is 5.77. The second-order valence-electron chi connectivity index (χ2n) is 5.10. The predicted octanol–water partition coefficient (Wildman–Crippen LogP) is 2.78. The van der Waals surface area contributed by atoms with Crippen molar-refractivity contribution in [2.75, 3.05) is 0 Å². The summed E-state index contributed by atoms with van der Waals surface area (Å²) in [5.74, 6) is -0.727. The summed E-state index contributed by atoms with van der Waals surface area (Å²) < 4.78 is 2.09. The minimum atomic E-state index is -0.727. The standard InChI is InChI=1S/C14H16N2O2/c17-12(18)10-14(6-1-2-7-14)16-9-5-11-4-3-8-15-13(11)16/h3-5,8-9H,1-2,6-7,10H2,(H,17,18). The van der Waals surface area contributed by atoms with Crippen LogP contribution in [0.4, 0.5) is 0 Å². The van der Waals surface area contributed by atoms with Crippen molar-refractivity contribution in [2.45, 2.75) is 37.6 Å². The monoisotopic (exact) mass is 244 g/mol. The van der Waals surface area contributed by atoms with Crippen molar-refractivity contribution >= 4 is 17.0 Å². The molecule has 0 aromatic carbocycles. The zero-order valence-electron chi connectivity index (χ0n) is 10.2. The molecule has 2 aromatic rings. The maximum atomic E-state index is 11.2. The van der Waals surface area contributed by atoms with Gasteiger partial charge < -0.3 is 9.67 Å². The first-order chi connectivity index (χ1) is 8.71. The van der Waals surface area contributed by atoms with Gasteiger partial charge >= 0.3 is 5.97 Å². The summed E-state index contributed by atoms with van der Waals surface area (Å²) in [4.78, 5) is 15.6. The summed E-state index contributed by atoms with van der Waals surface area (Å²) in [5.41, 5.74) is 0.628. The van der Waals surface area contributed by atoms with E-state index in [9.17, 15) is 9.90 Å². The van der Waals surface area contributed by atoms with Gasteiger partial charge in [0.05, 0.1) is 12.0 Å². The number of aliphatic carboxylic acids is 1. The summed E-state index contributed by atoms with van der Waals surface area (Å²) in [6.07, 6.45) is 8.00. The van der Waals surface area contributed by atoms with E-state index < -0.39 is 5.97 Å². The van der Waals surface area contributed by atoms with Crippen LogP contribution < -0.4 is 0 Å². The van der Waals surface area contributed by atoms with Crippen LogP contribution in [-0.2, 0) is 10.3 Å². The number of hydrogen-bond acceptors (Lipinski definition) is 2. The first-order valence-corrected chi connectivity index (χ1v) is 6.36. The van der Waals surface area contributed by atoms with Crippen LogP contribution in [-0.4, -0.2) is 20.6 Å². The largest absolute Gasteiger partial charge is 0.481 e. The third-order valence-electron chi connectivity index (χ3n) is 3.97. The number of aromatic nitrogens is 2. The maximum absolute atomic E-state index is 11.2. The van der Waals surface area contributed by atoms with Gasteiger partial charge in [0.1, 0.15) is 5.65 Å². The molecule has 0 spiro atoms. The van der Waals surface area contributed by atoms with E-state index in [0.29, 0.717) is 0 Å². The number of carboxylic acid groups (broad SMARTS) is 1. The molecular formula is C14H16N2O2. The Labute approximate surface area is 105 Å². The number of pyridine rings is 1. The minimum absolute atomic E-state index is 0.188. The highest BCUT2D eigenvalue weighted by atomic mass is 16.4. The van der Waals surface area contributed by atoms with Gasteiger partial charge in [-0.2, -0.15) is 0 Å². The van der Waals surface area contributed by atoms with Crippen molar-refractivity contribution in [3.63, 3.8) is 0 Å². The molecule has 0 saturated heterocycles. The van der Waals surface area contributed by atoms with Crippen LogP contribution in [0.5, 0.6) is 0 Å². The molecule has 0 radical (unpaired) electrons. The van der Waals surface area contributed by atoms with Gasteiger partial charge in [0.25, 0.3) is 0 Å². The molecule has 4 heteroatoms.